The summed E-state index contributed by atoms with van der Waals surface area (Å²) < 4.78 is 0. The molecule has 1 radical (unpaired) electrons. The Balaban J connectivity index is 2.23. The zero-order valence-corrected chi connectivity index (χ0v) is 6.95. The molecule has 1 aliphatic rings. The lowest BCUT2D eigenvalue weighted by atomic mass is 9.94. The van der Waals surface area contributed by atoms with Gasteiger partial charge in [-0.3, -0.25) is 0 Å². The molecule has 0 atom stereocenters. The molecule has 1 saturated carbocycles. The van der Waals surface area contributed by atoms with E-state index < -0.39 is 0 Å². The summed E-state index contributed by atoms with van der Waals surface area (Å²) in [7, 11) is 0. The highest BCUT2D eigenvalue weighted by atomic mass is 14.1. The van der Waals surface area contributed by atoms with Gasteiger partial charge in [0.25, 0.3) is 0 Å². The van der Waals surface area contributed by atoms with E-state index in [2.05, 4.69) is 13.0 Å². The summed E-state index contributed by atoms with van der Waals surface area (Å²) in [5, 5.41) is 0. The highest BCUT2D eigenvalue weighted by molar-refractivity contribution is 4.99. The molecule has 1 rings (SSSR count). The third-order valence-electron chi connectivity index (χ3n) is 2.08. The van der Waals surface area contributed by atoms with Gasteiger partial charge in [-0.15, -0.1) is 0 Å². The summed E-state index contributed by atoms with van der Waals surface area (Å²) >= 11 is 0. The topological polar surface area (TPSA) is 0 Å². The van der Waals surface area contributed by atoms with Gasteiger partial charge in [0.2, 0.25) is 0 Å². The predicted molar refractivity (Wildman–Crippen MR) is 44.7 cm³/mol. The lowest BCUT2D eigenvalue weighted by molar-refractivity contribution is 0.592. The van der Waals surface area contributed by atoms with Crippen molar-refractivity contribution in [3.8, 4) is 0 Å². The molecule has 0 aliphatic heterocycles. The predicted octanol–water partition coefficient (Wildman–Crippen LogP) is 3.48. The fourth-order valence-corrected chi connectivity index (χ4v) is 1.46. The molecular weight excluding hydrogens is 120 g/mol. The second-order valence-corrected chi connectivity index (χ2v) is 3.09. The van der Waals surface area contributed by atoms with E-state index in [1.54, 1.807) is 5.57 Å². The molecule has 0 aromatic rings. The van der Waals surface area contributed by atoms with Crippen molar-refractivity contribution < 1.29 is 0 Å². The summed E-state index contributed by atoms with van der Waals surface area (Å²) in [6, 6.07) is 0. The molecule has 0 heteroatoms. The minimum absolute atomic E-state index is 1.18. The number of rotatable bonds is 2. The van der Waals surface area contributed by atoms with Crippen molar-refractivity contribution in [3.05, 3.63) is 11.6 Å². The first-order valence-electron chi connectivity index (χ1n) is 4.52. The van der Waals surface area contributed by atoms with E-state index in [1.165, 1.54) is 44.9 Å². The van der Waals surface area contributed by atoms with Gasteiger partial charge in [-0.25, -0.2) is 0 Å². The monoisotopic (exact) mass is 137 g/mol. The number of unbranched alkanes of at least 4 members (excludes halogenated alkanes) is 1. The Morgan fingerprint density at radius 3 is 2.50 bits per heavy atom. The zero-order valence-electron chi connectivity index (χ0n) is 6.95. The molecule has 10 heavy (non-hydrogen) atoms. The Morgan fingerprint density at radius 1 is 1.20 bits per heavy atom. The lowest BCUT2D eigenvalue weighted by Crippen LogP contribution is -1.93. The zero-order chi connectivity index (χ0) is 7.23. The summed E-state index contributed by atoms with van der Waals surface area (Å²) in [5.74, 6) is 0. The molecule has 0 aromatic carbocycles. The molecule has 0 heterocycles. The van der Waals surface area contributed by atoms with Gasteiger partial charge >= 0.3 is 0 Å². The van der Waals surface area contributed by atoms with E-state index in [4.69, 9.17) is 0 Å². The lowest BCUT2D eigenvalue weighted by Gasteiger charge is -2.12. The standard InChI is InChI=1S/C10H17/c1-2-3-7-10-8-5-4-6-9-10/h2-6,8-9H2,1H3. The van der Waals surface area contributed by atoms with Gasteiger partial charge in [0, 0.05) is 0 Å². The molecule has 0 bridgehead atoms. The second-order valence-electron chi connectivity index (χ2n) is 3.09. The highest BCUT2D eigenvalue weighted by Crippen LogP contribution is 2.22. The van der Waals surface area contributed by atoms with Crippen LogP contribution in [0.1, 0.15) is 51.9 Å². The van der Waals surface area contributed by atoms with Gasteiger partial charge in [0.05, 0.1) is 0 Å². The van der Waals surface area contributed by atoms with E-state index in [1.807, 2.05) is 0 Å². The Labute approximate surface area is 64.3 Å². The molecule has 1 aliphatic carbocycles. The minimum atomic E-state index is 1.18. The fraction of sp³-hybridized carbons (Fsp3) is 0.800. The first kappa shape index (κ1) is 7.84. The molecule has 1 fully saturated rings. The van der Waals surface area contributed by atoms with Crippen LogP contribution in [0.2, 0.25) is 0 Å². The maximum absolute atomic E-state index is 3.49. The third-order valence-corrected chi connectivity index (χ3v) is 2.08. The quantitative estimate of drug-likeness (QED) is 0.546. The largest absolute Gasteiger partial charge is 0.0667 e. The van der Waals surface area contributed by atoms with Crippen LogP contribution < -0.4 is 0 Å². The smallest absolute Gasteiger partial charge is 0.0279 e. The summed E-state index contributed by atoms with van der Waals surface area (Å²) in [4.78, 5) is 0. The SMILES string of the molecule is CCC[C]=C1CCCCC1. The number of allylic oxidation sites excluding steroid dienone is 2. The second kappa shape index (κ2) is 4.54. The third kappa shape index (κ3) is 2.55. The van der Waals surface area contributed by atoms with E-state index >= 15 is 0 Å². The van der Waals surface area contributed by atoms with Crippen LogP contribution in [-0.4, -0.2) is 0 Å². The molecule has 0 unspecified atom stereocenters. The first-order valence-corrected chi connectivity index (χ1v) is 4.52. The van der Waals surface area contributed by atoms with Crippen molar-refractivity contribution in [1.29, 1.82) is 0 Å². The van der Waals surface area contributed by atoms with Gasteiger partial charge in [-0.1, -0.05) is 25.3 Å². The van der Waals surface area contributed by atoms with Gasteiger partial charge in [-0.05, 0) is 38.2 Å². The minimum Gasteiger partial charge on any atom is -0.0667 e. The summed E-state index contributed by atoms with van der Waals surface area (Å²) in [5.41, 5.74) is 1.60. The maximum atomic E-state index is 3.49. The van der Waals surface area contributed by atoms with E-state index in [-0.39, 0.29) is 0 Å². The van der Waals surface area contributed by atoms with Crippen LogP contribution in [0.15, 0.2) is 5.57 Å². The summed E-state index contributed by atoms with van der Waals surface area (Å²) in [6.45, 7) is 2.22. The van der Waals surface area contributed by atoms with Crippen molar-refractivity contribution in [1.82, 2.24) is 0 Å². The van der Waals surface area contributed by atoms with Crippen molar-refractivity contribution in [2.45, 2.75) is 51.9 Å². The molecule has 0 spiro atoms. The molecular formula is C10H17. The van der Waals surface area contributed by atoms with Crippen LogP contribution in [0.5, 0.6) is 0 Å². The normalized spacial score (nSPS) is 19.1. The van der Waals surface area contributed by atoms with E-state index in [9.17, 15) is 0 Å². The van der Waals surface area contributed by atoms with Crippen LogP contribution in [0, 0.1) is 6.08 Å². The first-order chi connectivity index (χ1) is 4.93. The molecule has 0 N–H and O–H groups in total. The van der Waals surface area contributed by atoms with E-state index in [0.717, 1.165) is 0 Å². The number of hydrogen-bond acceptors (Lipinski definition) is 0. The van der Waals surface area contributed by atoms with Crippen LogP contribution in [0.3, 0.4) is 0 Å². The van der Waals surface area contributed by atoms with Crippen molar-refractivity contribution >= 4 is 0 Å². The van der Waals surface area contributed by atoms with Crippen molar-refractivity contribution in [2.24, 2.45) is 0 Å². The average molecular weight is 137 g/mol. The summed E-state index contributed by atoms with van der Waals surface area (Å²) in [6.07, 6.45) is 12.8. The van der Waals surface area contributed by atoms with Crippen LogP contribution in [0.25, 0.3) is 0 Å². The van der Waals surface area contributed by atoms with Gasteiger partial charge in [-0.2, -0.15) is 0 Å². The van der Waals surface area contributed by atoms with Crippen LogP contribution in [-0.2, 0) is 0 Å². The Bertz CT molecular complexity index is 103. The van der Waals surface area contributed by atoms with Crippen LogP contribution in [0.4, 0.5) is 0 Å². The van der Waals surface area contributed by atoms with Crippen LogP contribution >= 0.6 is 0 Å². The average Bonchev–Trinajstić information content (AvgIpc) is 2.03. The van der Waals surface area contributed by atoms with Gasteiger partial charge < -0.3 is 0 Å². The highest BCUT2D eigenvalue weighted by Gasteiger charge is 2.03. The molecule has 0 amide bonds. The Hall–Kier alpha value is -0.260. The molecule has 57 valence electrons. The molecule has 0 nitrogen and oxygen atoms in total. The Kier molecular flexibility index (Phi) is 3.56. The Morgan fingerprint density at radius 2 is 1.90 bits per heavy atom. The molecule has 0 saturated heterocycles. The van der Waals surface area contributed by atoms with Gasteiger partial charge in [0.1, 0.15) is 0 Å². The molecule has 0 aromatic heterocycles. The van der Waals surface area contributed by atoms with Crippen molar-refractivity contribution in [2.75, 3.05) is 0 Å². The fourth-order valence-electron chi connectivity index (χ4n) is 1.46. The maximum Gasteiger partial charge on any atom is -0.0279 e. The van der Waals surface area contributed by atoms with E-state index in [0.29, 0.717) is 0 Å². The van der Waals surface area contributed by atoms with Gasteiger partial charge in [0.15, 0.2) is 0 Å². The van der Waals surface area contributed by atoms with Crippen molar-refractivity contribution in [3.63, 3.8) is 0 Å². The number of hydrogen-bond donors (Lipinski definition) is 0.